The molecule has 0 bridgehead atoms. The molecule has 9 heteroatoms. The van der Waals surface area contributed by atoms with E-state index in [-0.39, 0.29) is 17.1 Å². The van der Waals surface area contributed by atoms with Crippen LogP contribution in [0.25, 0.3) is 5.82 Å². The fraction of sp³-hybridized carbons (Fsp3) is 0.182. The molecule has 0 aliphatic heterocycles. The van der Waals surface area contributed by atoms with Crippen molar-refractivity contribution in [2.24, 2.45) is 0 Å². The van der Waals surface area contributed by atoms with Gasteiger partial charge in [-0.2, -0.15) is 18.3 Å². The Morgan fingerprint density at radius 3 is 2.55 bits per heavy atom. The maximum Gasteiger partial charge on any atom is 0.416 e. The van der Waals surface area contributed by atoms with Crippen molar-refractivity contribution in [2.75, 3.05) is 0 Å². The minimum absolute atomic E-state index is 0.104. The molecule has 2 rings (SSSR count). The predicted octanol–water partition coefficient (Wildman–Crippen LogP) is 1.59. The molecular weight excluding hydrogens is 279 g/mol. The van der Waals surface area contributed by atoms with Gasteiger partial charge in [-0.25, -0.2) is 9.48 Å². The molecule has 2 N–H and O–H groups in total. The van der Waals surface area contributed by atoms with Gasteiger partial charge in [-0.3, -0.25) is 4.79 Å². The van der Waals surface area contributed by atoms with Crippen LogP contribution in [0.1, 0.15) is 21.6 Å². The lowest BCUT2D eigenvalue weighted by Gasteiger charge is -2.09. The average molecular weight is 287 g/mol. The molecule has 0 saturated carbocycles. The van der Waals surface area contributed by atoms with Crippen LogP contribution in [0.4, 0.5) is 13.2 Å². The van der Waals surface area contributed by atoms with Gasteiger partial charge < -0.3 is 10.1 Å². The van der Waals surface area contributed by atoms with Gasteiger partial charge in [0.25, 0.3) is 0 Å². The second-order valence-corrected chi connectivity index (χ2v) is 3.98. The molecule has 0 spiro atoms. The van der Waals surface area contributed by atoms with Gasteiger partial charge in [-0.1, -0.05) is 0 Å². The third kappa shape index (κ3) is 2.42. The number of carboxylic acids is 1. The lowest BCUT2D eigenvalue weighted by Crippen LogP contribution is -2.17. The molecule has 0 aliphatic carbocycles. The molecular formula is C11H8F3N3O3. The van der Waals surface area contributed by atoms with E-state index in [9.17, 15) is 22.8 Å². The number of carbonyl (C=O) groups is 1. The normalized spacial score (nSPS) is 11.6. The lowest BCUT2D eigenvalue weighted by atomic mass is 10.2. The smallest absolute Gasteiger partial charge is 0.416 e. The number of nitrogens with one attached hydrogen (secondary N) is 1. The summed E-state index contributed by atoms with van der Waals surface area (Å²) in [6, 6.07) is 1.10. The van der Waals surface area contributed by atoms with Crippen LogP contribution in [0, 0.1) is 6.92 Å². The molecule has 2 heterocycles. The Balaban J connectivity index is 2.62. The number of halogens is 3. The average Bonchev–Trinajstić information content (AvgIpc) is 2.69. The van der Waals surface area contributed by atoms with E-state index in [0.29, 0.717) is 12.1 Å². The number of rotatable bonds is 2. The maximum absolute atomic E-state index is 12.6. The third-order valence-electron chi connectivity index (χ3n) is 2.63. The first-order valence-electron chi connectivity index (χ1n) is 5.30. The van der Waals surface area contributed by atoms with Crippen molar-refractivity contribution in [3.63, 3.8) is 0 Å². The number of nitrogens with zero attached hydrogens (tertiary/aromatic N) is 2. The highest BCUT2D eigenvalue weighted by Gasteiger charge is 2.31. The molecule has 0 saturated heterocycles. The van der Waals surface area contributed by atoms with E-state index in [0.717, 1.165) is 10.9 Å². The van der Waals surface area contributed by atoms with Gasteiger partial charge in [-0.15, -0.1) is 0 Å². The van der Waals surface area contributed by atoms with Crippen molar-refractivity contribution in [1.82, 2.24) is 14.8 Å². The monoisotopic (exact) mass is 287 g/mol. The second-order valence-electron chi connectivity index (χ2n) is 3.98. The molecule has 106 valence electrons. The molecule has 0 aliphatic rings. The van der Waals surface area contributed by atoms with Crippen LogP contribution in [0.5, 0.6) is 0 Å². The summed E-state index contributed by atoms with van der Waals surface area (Å²) < 4.78 is 38.8. The first-order valence-corrected chi connectivity index (χ1v) is 5.30. The number of aromatic nitrogens is 3. The quantitative estimate of drug-likeness (QED) is 0.877. The van der Waals surface area contributed by atoms with E-state index in [1.807, 2.05) is 0 Å². The van der Waals surface area contributed by atoms with Crippen molar-refractivity contribution < 1.29 is 23.1 Å². The number of hydrogen-bond acceptors (Lipinski definition) is 3. The highest BCUT2D eigenvalue weighted by molar-refractivity contribution is 5.88. The van der Waals surface area contributed by atoms with Crippen LogP contribution in [-0.4, -0.2) is 25.8 Å². The van der Waals surface area contributed by atoms with Gasteiger partial charge in [-0.05, 0) is 13.0 Å². The van der Waals surface area contributed by atoms with Crippen molar-refractivity contribution in [3.8, 4) is 5.82 Å². The maximum atomic E-state index is 12.6. The summed E-state index contributed by atoms with van der Waals surface area (Å²) in [7, 11) is 0. The van der Waals surface area contributed by atoms with Crippen LogP contribution in [0.3, 0.4) is 0 Å². The molecule has 6 nitrogen and oxygen atoms in total. The first kappa shape index (κ1) is 13.8. The molecule has 0 unspecified atom stereocenters. The zero-order valence-corrected chi connectivity index (χ0v) is 10.0. The van der Waals surface area contributed by atoms with E-state index >= 15 is 0 Å². The summed E-state index contributed by atoms with van der Waals surface area (Å²) in [5, 5.41) is 12.5. The Labute approximate surface area is 109 Å². The van der Waals surface area contributed by atoms with Gasteiger partial charge in [0.15, 0.2) is 0 Å². The molecule has 2 aromatic rings. The predicted molar refractivity (Wildman–Crippen MR) is 60.9 cm³/mol. The number of alkyl halides is 3. The molecule has 0 fully saturated rings. The van der Waals surface area contributed by atoms with E-state index in [1.165, 1.54) is 6.92 Å². The number of carboxylic acid groups (broad SMARTS) is 1. The minimum atomic E-state index is -4.68. The molecule has 20 heavy (non-hydrogen) atoms. The summed E-state index contributed by atoms with van der Waals surface area (Å²) in [4.78, 5) is 24.3. The summed E-state index contributed by atoms with van der Waals surface area (Å²) in [6.07, 6.45) is -3.68. The molecule has 0 aromatic carbocycles. The lowest BCUT2D eigenvalue weighted by molar-refractivity contribution is -0.137. The number of pyridine rings is 1. The van der Waals surface area contributed by atoms with Crippen molar-refractivity contribution in [2.45, 2.75) is 13.1 Å². The van der Waals surface area contributed by atoms with Gasteiger partial charge in [0.05, 0.1) is 17.5 Å². The zero-order chi connectivity index (χ0) is 15.1. The van der Waals surface area contributed by atoms with Crippen LogP contribution < -0.4 is 5.56 Å². The van der Waals surface area contributed by atoms with E-state index < -0.39 is 23.3 Å². The van der Waals surface area contributed by atoms with Crippen LogP contribution in [-0.2, 0) is 6.18 Å². The number of aromatic amines is 1. The van der Waals surface area contributed by atoms with Crippen molar-refractivity contribution >= 4 is 5.97 Å². The standard InChI is InChI=1S/C11H8F3N3O3/c1-5-7(10(19)20)4-15-17(5)8-2-6(11(12,13)14)3-9(18)16-8/h2-4H,1H3,(H,16,18)(H,19,20). The highest BCUT2D eigenvalue weighted by atomic mass is 19.4. The second kappa shape index (κ2) is 4.51. The molecule has 0 atom stereocenters. The van der Waals surface area contributed by atoms with E-state index in [4.69, 9.17) is 5.11 Å². The summed E-state index contributed by atoms with van der Waals surface area (Å²) in [5.74, 6) is -1.52. The SMILES string of the molecule is Cc1c(C(=O)O)cnn1-c1cc(C(F)(F)F)cc(=O)[nH]1. The summed E-state index contributed by atoms with van der Waals surface area (Å²) in [6.45, 7) is 1.37. The van der Waals surface area contributed by atoms with Gasteiger partial charge >= 0.3 is 12.1 Å². The van der Waals surface area contributed by atoms with Crippen LogP contribution >= 0.6 is 0 Å². The van der Waals surface area contributed by atoms with Crippen molar-refractivity contribution in [3.05, 3.63) is 45.5 Å². The van der Waals surface area contributed by atoms with Gasteiger partial charge in [0.1, 0.15) is 11.4 Å². The Kier molecular flexibility index (Phi) is 3.12. The number of aromatic carboxylic acids is 1. The Morgan fingerprint density at radius 2 is 2.05 bits per heavy atom. The van der Waals surface area contributed by atoms with E-state index in [1.54, 1.807) is 0 Å². The Morgan fingerprint density at radius 1 is 1.40 bits per heavy atom. The van der Waals surface area contributed by atoms with Gasteiger partial charge in [0.2, 0.25) is 5.56 Å². The molecule has 0 radical (unpaired) electrons. The van der Waals surface area contributed by atoms with Crippen LogP contribution in [0.2, 0.25) is 0 Å². The fourth-order valence-corrected chi connectivity index (χ4v) is 1.67. The highest BCUT2D eigenvalue weighted by Crippen LogP contribution is 2.29. The Hall–Kier alpha value is -2.58. The molecule has 2 aromatic heterocycles. The third-order valence-corrected chi connectivity index (χ3v) is 2.63. The minimum Gasteiger partial charge on any atom is -0.478 e. The summed E-state index contributed by atoms with van der Waals surface area (Å²) in [5.41, 5.74) is -2.15. The topological polar surface area (TPSA) is 88.0 Å². The first-order chi connectivity index (χ1) is 9.20. The fourth-order valence-electron chi connectivity index (χ4n) is 1.67. The summed E-state index contributed by atoms with van der Waals surface area (Å²) >= 11 is 0. The number of hydrogen-bond donors (Lipinski definition) is 2. The number of H-pyrrole nitrogens is 1. The zero-order valence-electron chi connectivity index (χ0n) is 10.0. The largest absolute Gasteiger partial charge is 0.478 e. The van der Waals surface area contributed by atoms with Gasteiger partial charge in [0, 0.05) is 6.07 Å². The van der Waals surface area contributed by atoms with Crippen LogP contribution in [0.15, 0.2) is 23.1 Å². The van der Waals surface area contributed by atoms with E-state index in [2.05, 4.69) is 10.1 Å². The Bertz CT molecular complexity index is 730. The van der Waals surface area contributed by atoms with Crippen molar-refractivity contribution in [1.29, 1.82) is 0 Å². The molecule has 0 amide bonds.